The van der Waals surface area contributed by atoms with Crippen molar-refractivity contribution in [2.45, 2.75) is 100 Å². The van der Waals surface area contributed by atoms with Crippen molar-refractivity contribution >= 4 is 311 Å². The highest BCUT2D eigenvalue weighted by Gasteiger charge is 2.23. The molecule has 10 rings (SSSR count). The SMILES string of the molecule is CC(=O)Nc1cc(C)cc(COc2c(Br)cc(C(=O)NCC(=O)O)cc2Br)c1.CC(=O)Nc1cc(Cl)cc(COc2c(Br)cc(C(=O)NCC(=O)O)cc2Br)c1.CC(=O)Nc1cc(Cl)cc(COc2c(Br)cc(CC(F)C(=O)O)cc2Br)c1.CC(=O)Nc1cc(Cl)cc(COc2c(Br)cc(CCC(=O)O)cc2Br)c1.CC(=O)Nc1cccc(COc2c(Br)cc(C(=O)NCC(=O)O)cc2Br)c1Cl. The summed E-state index contributed by atoms with van der Waals surface area (Å²) in [6.07, 6.45) is -1.73. The van der Waals surface area contributed by atoms with Crippen LogP contribution >= 0.6 is 206 Å². The molecular formula is C91H79Br10Cl4FN8O23. The van der Waals surface area contributed by atoms with Gasteiger partial charge in [-0.15, -0.1) is 0 Å². The number of carbonyl (C=O) groups excluding carboxylic acids is 8. The summed E-state index contributed by atoms with van der Waals surface area (Å²) < 4.78 is 48.2. The Hall–Kier alpha value is -9.80. The number of rotatable bonds is 35. The summed E-state index contributed by atoms with van der Waals surface area (Å²) in [4.78, 5) is 145. The number of hydrogen-bond acceptors (Lipinski definition) is 18. The van der Waals surface area contributed by atoms with E-state index in [2.05, 4.69) is 202 Å². The molecule has 1 atom stereocenters. The number of benzene rings is 10. The van der Waals surface area contributed by atoms with Gasteiger partial charge in [-0.2, -0.15) is 0 Å². The van der Waals surface area contributed by atoms with E-state index in [-0.39, 0.29) is 92.1 Å². The molecule has 31 nitrogen and oxygen atoms in total. The number of aliphatic carboxylic acids is 5. The minimum Gasteiger partial charge on any atom is -0.487 e. The van der Waals surface area contributed by atoms with Crippen molar-refractivity contribution in [2.24, 2.45) is 0 Å². The standard InChI is InChI=1S/C19H18Br2N2O5.C18H15Br2ClFNO4.2C18H15Br2ClN2O5.C18H16Br2ClNO4/c1-10-3-12(5-14(4-10)23-11(2)24)9-28-18-15(20)6-13(7-16(18)21)19(27)22-8-17(25)26;1-9(24)23-13-3-11(2-12(21)7-13)8-27-17-14(19)4-10(5-15(17)20)6-16(22)18(25)26;1-9(24)23-13-3-10(2-12(21)6-13)8-28-17-14(19)4-11(5-15(17)20)18(27)22-7-16(25)26;1-9(24)23-14-4-2-3-10(16(14)21)8-28-17-12(19)5-11(6-13(17)20)18(27)22-7-15(25)26;1-10(23)22-14-5-12(4-13(21)8-14)9-26-18-15(19)6-11(7-16(18)20)2-3-17(24)25/h3-7H,8-9H2,1-2H3,(H,22,27)(H,23,24)(H,25,26);2-5,7,16H,6,8H2,1H3,(H,23,24)(H,25,26);2*2-6H,7-8H2,1H3,(H,22,27)(H,23,24)(H,25,26);4-8H,2-3,9H2,1H3,(H,22,23)(H,24,25). The summed E-state index contributed by atoms with van der Waals surface area (Å²) in [6, 6.07) is 42.3. The molecule has 0 radical (unpaired) electrons. The maximum atomic E-state index is 13.4. The third kappa shape index (κ3) is 41.3. The summed E-state index contributed by atoms with van der Waals surface area (Å²) in [7, 11) is 0. The van der Waals surface area contributed by atoms with Crippen LogP contribution in [0.3, 0.4) is 0 Å². The lowest BCUT2D eigenvalue weighted by molar-refractivity contribution is -0.143. The topological polar surface area (TPSA) is 465 Å². The van der Waals surface area contributed by atoms with Crippen molar-refractivity contribution < 1.29 is 116 Å². The van der Waals surface area contributed by atoms with Crippen LogP contribution in [0.25, 0.3) is 0 Å². The van der Waals surface area contributed by atoms with Crippen molar-refractivity contribution in [3.63, 3.8) is 0 Å². The zero-order valence-corrected chi connectivity index (χ0v) is 90.9. The van der Waals surface area contributed by atoms with Crippen molar-refractivity contribution in [1.82, 2.24) is 16.0 Å². The Morgan fingerprint density at radius 3 is 0.898 bits per heavy atom. The first-order valence-electron chi connectivity index (χ1n) is 39.2. The van der Waals surface area contributed by atoms with Crippen LogP contribution in [-0.4, -0.2) is 128 Å². The molecule has 0 fully saturated rings. The van der Waals surface area contributed by atoms with E-state index in [1.54, 1.807) is 97.1 Å². The van der Waals surface area contributed by atoms with Crippen molar-refractivity contribution in [3.05, 3.63) is 278 Å². The number of carbonyl (C=O) groups is 13. The number of hydrogen-bond donors (Lipinski definition) is 13. The lowest BCUT2D eigenvalue weighted by Gasteiger charge is -2.14. The van der Waals surface area contributed by atoms with Crippen molar-refractivity contribution in [1.29, 1.82) is 0 Å². The highest BCUT2D eigenvalue weighted by molar-refractivity contribution is 9.12. The van der Waals surface area contributed by atoms with Crippen molar-refractivity contribution in [3.8, 4) is 28.7 Å². The second-order valence-corrected chi connectivity index (χ2v) is 38.8. The van der Waals surface area contributed by atoms with Gasteiger partial charge in [0.2, 0.25) is 35.7 Å². The molecule has 0 aliphatic rings. The molecule has 1 unspecified atom stereocenters. The number of halogens is 15. The average Bonchev–Trinajstić information content (AvgIpc) is 0.834. The van der Waals surface area contributed by atoms with Crippen LogP contribution in [0.2, 0.25) is 20.1 Å². The summed E-state index contributed by atoms with van der Waals surface area (Å²) in [6.45, 7) is 8.52. The van der Waals surface area contributed by atoms with Gasteiger partial charge >= 0.3 is 29.8 Å². The fourth-order valence-electron chi connectivity index (χ4n) is 11.6. The first-order valence-corrected chi connectivity index (χ1v) is 48.6. The van der Waals surface area contributed by atoms with Gasteiger partial charge in [0.25, 0.3) is 17.7 Å². The Labute approximate surface area is 886 Å². The normalized spacial score (nSPS) is 10.6. The average molecular weight is 2610 g/mol. The number of carboxylic acids is 5. The Bertz CT molecular complexity index is 5970. The van der Waals surface area contributed by atoms with E-state index >= 15 is 0 Å². The number of amides is 8. The maximum Gasteiger partial charge on any atom is 0.338 e. The van der Waals surface area contributed by atoms with Gasteiger partial charge in [0.15, 0.2) is 0 Å². The molecule has 0 aliphatic carbocycles. The summed E-state index contributed by atoms with van der Waals surface area (Å²) in [5.41, 5.74) is 9.88. The van der Waals surface area contributed by atoms with Gasteiger partial charge in [0, 0.05) is 108 Å². The molecule has 0 bridgehead atoms. The minimum atomic E-state index is -1.98. The van der Waals surface area contributed by atoms with Gasteiger partial charge in [-0.25, -0.2) is 9.18 Å². The van der Waals surface area contributed by atoms with Crippen molar-refractivity contribution in [2.75, 3.05) is 46.2 Å². The fraction of sp³-hybridized carbons (Fsp3) is 0.198. The minimum absolute atomic E-state index is 0.0630. The second kappa shape index (κ2) is 57.1. The Kier molecular flexibility index (Phi) is 48.3. The van der Waals surface area contributed by atoms with Crippen LogP contribution in [-0.2, 0) is 93.8 Å². The number of nitrogens with one attached hydrogen (secondary N) is 8. The lowest BCUT2D eigenvalue weighted by Crippen LogP contribution is -2.29. The van der Waals surface area contributed by atoms with Crippen LogP contribution in [0.4, 0.5) is 32.8 Å². The molecular weight excluding hydrogens is 2530 g/mol. The Morgan fingerprint density at radius 2 is 0.613 bits per heavy atom. The molecule has 13 N–H and O–H groups in total. The third-order valence-corrected chi connectivity index (χ3v) is 24.0. The van der Waals surface area contributed by atoms with Crippen LogP contribution < -0.4 is 66.2 Å². The smallest absolute Gasteiger partial charge is 0.338 e. The van der Waals surface area contributed by atoms with Gasteiger partial charge in [-0.3, -0.25) is 57.5 Å². The highest BCUT2D eigenvalue weighted by atomic mass is 79.9. The van der Waals surface area contributed by atoms with E-state index in [0.29, 0.717) is 131 Å². The predicted octanol–water partition coefficient (Wildman–Crippen LogP) is 23.1. The van der Waals surface area contributed by atoms with Crippen LogP contribution in [0.1, 0.15) is 117 Å². The summed E-state index contributed by atoms with van der Waals surface area (Å²) >= 11 is 58.3. The van der Waals surface area contributed by atoms with Gasteiger partial charge < -0.3 is 91.8 Å². The first-order chi connectivity index (χ1) is 64.4. The fourth-order valence-corrected chi connectivity index (χ4v) is 19.8. The summed E-state index contributed by atoms with van der Waals surface area (Å²) in [5.74, 6) is -5.80. The van der Waals surface area contributed by atoms with Gasteiger partial charge in [-0.1, -0.05) is 64.6 Å². The molecule has 10 aromatic rings. The van der Waals surface area contributed by atoms with Gasteiger partial charge in [0.1, 0.15) is 81.4 Å². The molecule has 0 heterocycles. The number of alkyl halides is 1. The first kappa shape index (κ1) is 116. The van der Waals surface area contributed by atoms with Crippen LogP contribution in [0.15, 0.2) is 196 Å². The zero-order valence-electron chi connectivity index (χ0n) is 72.0. The molecule has 0 saturated heterocycles. The van der Waals surface area contributed by atoms with E-state index in [4.69, 9.17) is 95.6 Å². The van der Waals surface area contributed by atoms with E-state index in [0.717, 1.165) is 42.3 Å². The number of ether oxygens (including phenoxy) is 5. The maximum absolute atomic E-state index is 13.4. The molecule has 0 saturated carbocycles. The van der Waals surface area contributed by atoms with Gasteiger partial charge in [0.05, 0.1) is 55.4 Å². The van der Waals surface area contributed by atoms with Gasteiger partial charge in [-0.05, 0) is 345 Å². The zero-order chi connectivity index (χ0) is 102. The second-order valence-electron chi connectivity index (χ2n) is 28.6. The lowest BCUT2D eigenvalue weighted by atomic mass is 10.1. The number of aryl methyl sites for hydroxylation is 2. The molecule has 0 spiro atoms. The quantitative estimate of drug-likeness (QED) is 0.0175. The highest BCUT2D eigenvalue weighted by Crippen LogP contribution is 2.42. The number of anilines is 5. The molecule has 0 aliphatic heterocycles. The Balaban J connectivity index is 0.000000263. The van der Waals surface area contributed by atoms with E-state index < -0.39 is 73.4 Å². The Morgan fingerprint density at radius 1 is 0.336 bits per heavy atom. The molecule has 10 aromatic carbocycles. The molecule has 8 amide bonds. The monoisotopic (exact) mass is 2600 g/mol. The van der Waals surface area contributed by atoms with Crippen LogP contribution in [0.5, 0.6) is 28.7 Å². The molecule has 46 heteroatoms. The van der Waals surface area contributed by atoms with E-state index in [1.165, 1.54) is 58.9 Å². The third-order valence-electron chi connectivity index (χ3n) is 17.0. The predicted molar refractivity (Wildman–Crippen MR) is 551 cm³/mol. The molecule has 726 valence electrons. The largest absolute Gasteiger partial charge is 0.487 e. The van der Waals surface area contributed by atoms with Crippen LogP contribution in [0, 0.1) is 6.92 Å². The number of carboxylic acid groups (broad SMARTS) is 5. The summed E-state index contributed by atoms with van der Waals surface area (Å²) in [5, 5.41) is 65.5. The van der Waals surface area contributed by atoms with E-state index in [9.17, 15) is 66.7 Å². The molecule has 0 aromatic heterocycles. The van der Waals surface area contributed by atoms with E-state index in [1.807, 2.05) is 37.3 Å². The molecule has 137 heavy (non-hydrogen) atoms.